The maximum atomic E-state index is 13.8. The topological polar surface area (TPSA) is 50.9 Å². The van der Waals surface area contributed by atoms with Gasteiger partial charge in [0.25, 0.3) is 0 Å². The van der Waals surface area contributed by atoms with Crippen LogP contribution >= 0.6 is 0 Å². The highest BCUT2D eigenvalue weighted by Gasteiger charge is 2.13. The van der Waals surface area contributed by atoms with Crippen LogP contribution in [0.3, 0.4) is 0 Å². The van der Waals surface area contributed by atoms with Gasteiger partial charge >= 0.3 is 0 Å². The second kappa shape index (κ2) is 4.30. The van der Waals surface area contributed by atoms with Crippen LogP contribution in [0, 0.1) is 12.7 Å². The van der Waals surface area contributed by atoms with E-state index in [-0.39, 0.29) is 11.7 Å². The van der Waals surface area contributed by atoms with E-state index in [1.54, 1.807) is 12.1 Å². The zero-order valence-corrected chi connectivity index (χ0v) is 10.2. The van der Waals surface area contributed by atoms with Gasteiger partial charge in [0.05, 0.1) is 16.6 Å². The molecule has 1 aromatic heterocycles. The number of nitrogens with two attached hydrogens (primary N) is 1. The van der Waals surface area contributed by atoms with Crippen molar-refractivity contribution in [3.63, 3.8) is 0 Å². The summed E-state index contributed by atoms with van der Waals surface area (Å²) in [5, 5.41) is 0.455. The number of nitrogens with one attached hydrogen (secondary N) is 1. The van der Waals surface area contributed by atoms with E-state index in [1.807, 2.05) is 20.8 Å². The number of nitrogens with zero attached hydrogens (tertiary/aromatic N) is 1. The van der Waals surface area contributed by atoms with Crippen molar-refractivity contribution < 1.29 is 4.39 Å². The van der Waals surface area contributed by atoms with E-state index in [4.69, 9.17) is 5.84 Å². The summed E-state index contributed by atoms with van der Waals surface area (Å²) in [5.74, 6) is 5.43. The van der Waals surface area contributed by atoms with Crippen LogP contribution in [0.15, 0.2) is 18.2 Å². The van der Waals surface area contributed by atoms with Gasteiger partial charge in [0.15, 0.2) is 0 Å². The second-order valence-electron chi connectivity index (χ2n) is 4.48. The average Bonchev–Trinajstić information content (AvgIpc) is 2.32. The van der Waals surface area contributed by atoms with Crippen molar-refractivity contribution >= 4 is 16.6 Å². The zero-order chi connectivity index (χ0) is 12.6. The summed E-state index contributed by atoms with van der Waals surface area (Å²) in [5.41, 5.74) is 5.65. The van der Waals surface area contributed by atoms with Gasteiger partial charge in [-0.15, -0.1) is 0 Å². The summed E-state index contributed by atoms with van der Waals surface area (Å²) < 4.78 is 13.8. The van der Waals surface area contributed by atoms with Gasteiger partial charge in [0.1, 0.15) is 5.82 Å². The monoisotopic (exact) mass is 233 g/mol. The van der Waals surface area contributed by atoms with Gasteiger partial charge in [-0.25, -0.2) is 4.39 Å². The molecule has 0 aliphatic carbocycles. The number of halogens is 1. The Hall–Kier alpha value is -1.68. The molecule has 4 heteroatoms. The molecular formula is C13H16FN3. The fourth-order valence-electron chi connectivity index (χ4n) is 1.86. The van der Waals surface area contributed by atoms with Gasteiger partial charge in [-0.1, -0.05) is 19.9 Å². The van der Waals surface area contributed by atoms with Gasteiger partial charge in [-0.2, -0.15) is 0 Å². The summed E-state index contributed by atoms with van der Waals surface area (Å²) >= 11 is 0. The van der Waals surface area contributed by atoms with Gasteiger partial charge in [-0.3, -0.25) is 10.8 Å². The minimum atomic E-state index is -0.304. The first kappa shape index (κ1) is 11.8. The first-order valence-electron chi connectivity index (χ1n) is 5.61. The van der Waals surface area contributed by atoms with Crippen LogP contribution in [-0.2, 0) is 0 Å². The molecule has 1 heterocycles. The third-order valence-electron chi connectivity index (χ3n) is 2.88. The summed E-state index contributed by atoms with van der Waals surface area (Å²) in [4.78, 5) is 4.51. The van der Waals surface area contributed by atoms with Crippen molar-refractivity contribution in [3.05, 3.63) is 35.3 Å². The lowest BCUT2D eigenvalue weighted by Crippen LogP contribution is -2.10. The van der Waals surface area contributed by atoms with Crippen LogP contribution in [-0.4, -0.2) is 4.98 Å². The molecule has 3 nitrogen and oxygen atoms in total. The van der Waals surface area contributed by atoms with E-state index in [2.05, 4.69) is 10.4 Å². The Balaban J connectivity index is 2.87. The number of hydrogen-bond donors (Lipinski definition) is 2. The summed E-state index contributed by atoms with van der Waals surface area (Å²) in [7, 11) is 0. The fourth-order valence-corrected chi connectivity index (χ4v) is 1.86. The molecule has 0 radical (unpaired) electrons. The second-order valence-corrected chi connectivity index (χ2v) is 4.48. The van der Waals surface area contributed by atoms with Crippen molar-refractivity contribution in [1.29, 1.82) is 0 Å². The minimum absolute atomic E-state index is 0.272. The Morgan fingerprint density at radius 2 is 2.06 bits per heavy atom. The van der Waals surface area contributed by atoms with E-state index in [0.29, 0.717) is 16.6 Å². The number of hydrazine groups is 1. The molecule has 3 N–H and O–H groups in total. The highest BCUT2D eigenvalue weighted by molar-refractivity contribution is 5.93. The Morgan fingerprint density at radius 1 is 1.35 bits per heavy atom. The third kappa shape index (κ3) is 1.96. The number of anilines is 1. The van der Waals surface area contributed by atoms with Crippen molar-refractivity contribution in [3.8, 4) is 0 Å². The van der Waals surface area contributed by atoms with E-state index < -0.39 is 0 Å². The number of hydrogen-bond acceptors (Lipinski definition) is 3. The smallest absolute Gasteiger partial charge is 0.134 e. The maximum Gasteiger partial charge on any atom is 0.134 e. The van der Waals surface area contributed by atoms with Crippen LogP contribution in [0.5, 0.6) is 0 Å². The Labute approximate surface area is 99.8 Å². The zero-order valence-electron chi connectivity index (χ0n) is 10.2. The normalized spacial score (nSPS) is 11.2. The van der Waals surface area contributed by atoms with Crippen LogP contribution in [0.2, 0.25) is 0 Å². The lowest BCUT2D eigenvalue weighted by atomic mass is 10.0. The van der Waals surface area contributed by atoms with Crippen LogP contribution in [0.25, 0.3) is 10.9 Å². The molecule has 1 aromatic carbocycles. The Kier molecular flexibility index (Phi) is 2.98. The number of aromatic nitrogens is 1. The molecule has 0 aliphatic rings. The van der Waals surface area contributed by atoms with Crippen LogP contribution in [0.4, 0.5) is 10.1 Å². The fraction of sp³-hybridized carbons (Fsp3) is 0.308. The van der Waals surface area contributed by atoms with Crippen molar-refractivity contribution in [1.82, 2.24) is 4.98 Å². The van der Waals surface area contributed by atoms with Crippen molar-refractivity contribution in [2.75, 3.05) is 5.43 Å². The molecule has 0 bridgehead atoms. The average molecular weight is 233 g/mol. The van der Waals surface area contributed by atoms with Gasteiger partial charge < -0.3 is 5.43 Å². The summed E-state index contributed by atoms with van der Waals surface area (Å²) in [6.45, 7) is 6.01. The molecule has 2 aromatic rings. The predicted octanol–water partition coefficient (Wildman–Crippen LogP) is 3.09. The first-order valence-corrected chi connectivity index (χ1v) is 5.61. The highest BCUT2D eigenvalue weighted by Crippen LogP contribution is 2.29. The maximum absolute atomic E-state index is 13.8. The molecule has 0 spiro atoms. The highest BCUT2D eigenvalue weighted by atomic mass is 19.1. The molecule has 0 saturated heterocycles. The van der Waals surface area contributed by atoms with Crippen molar-refractivity contribution in [2.45, 2.75) is 26.7 Å². The number of fused-ring (bicyclic) bond motifs is 1. The van der Waals surface area contributed by atoms with Crippen LogP contribution in [0.1, 0.15) is 31.0 Å². The first-order chi connectivity index (χ1) is 8.04. The predicted molar refractivity (Wildman–Crippen MR) is 68.3 cm³/mol. The SMILES string of the molecule is Cc1ccc(F)c2c(NN)cc(C(C)C)nc12. The molecule has 17 heavy (non-hydrogen) atoms. The number of nitrogen functional groups attached to an aromatic ring is 1. The molecule has 0 amide bonds. The van der Waals surface area contributed by atoms with Gasteiger partial charge in [-0.05, 0) is 30.5 Å². The third-order valence-corrected chi connectivity index (χ3v) is 2.88. The molecule has 0 aliphatic heterocycles. The largest absolute Gasteiger partial charge is 0.323 e. The number of rotatable bonds is 2. The number of pyridine rings is 1. The number of benzene rings is 1. The number of aryl methyl sites for hydroxylation is 1. The molecular weight excluding hydrogens is 217 g/mol. The molecule has 90 valence electrons. The van der Waals surface area contributed by atoms with E-state index in [9.17, 15) is 4.39 Å². The van der Waals surface area contributed by atoms with Crippen LogP contribution < -0.4 is 11.3 Å². The molecule has 2 rings (SSSR count). The molecule has 0 atom stereocenters. The van der Waals surface area contributed by atoms with Crippen molar-refractivity contribution in [2.24, 2.45) is 5.84 Å². The molecule has 0 unspecified atom stereocenters. The lowest BCUT2D eigenvalue weighted by molar-refractivity contribution is 0.639. The minimum Gasteiger partial charge on any atom is -0.323 e. The Bertz CT molecular complexity index is 564. The van der Waals surface area contributed by atoms with E-state index >= 15 is 0 Å². The quantitative estimate of drug-likeness (QED) is 0.619. The lowest BCUT2D eigenvalue weighted by Gasteiger charge is -2.13. The Morgan fingerprint density at radius 3 is 2.65 bits per heavy atom. The summed E-state index contributed by atoms with van der Waals surface area (Å²) in [6, 6.07) is 4.97. The molecule has 0 saturated carbocycles. The van der Waals surface area contributed by atoms with E-state index in [0.717, 1.165) is 11.3 Å². The van der Waals surface area contributed by atoms with Gasteiger partial charge in [0.2, 0.25) is 0 Å². The summed E-state index contributed by atoms with van der Waals surface area (Å²) in [6.07, 6.45) is 0. The standard InChI is InChI=1S/C13H16FN3/c1-7(2)10-6-11(17-15)12-9(14)5-4-8(3)13(12)16-10/h4-7H,15H2,1-3H3,(H,16,17). The van der Waals surface area contributed by atoms with Gasteiger partial charge in [0, 0.05) is 5.69 Å². The molecule has 0 fully saturated rings. The van der Waals surface area contributed by atoms with E-state index in [1.165, 1.54) is 6.07 Å².